The van der Waals surface area contributed by atoms with Crippen LogP contribution >= 0.6 is 0 Å². The van der Waals surface area contributed by atoms with E-state index in [2.05, 4.69) is 0 Å². The van der Waals surface area contributed by atoms with E-state index in [-0.39, 0.29) is 5.56 Å². The zero-order valence-corrected chi connectivity index (χ0v) is 8.32. The lowest BCUT2D eigenvalue weighted by atomic mass is 10.1. The van der Waals surface area contributed by atoms with Gasteiger partial charge in [0.05, 0.1) is 0 Å². The van der Waals surface area contributed by atoms with Crippen LogP contribution in [0.25, 0.3) is 0 Å². The second kappa shape index (κ2) is 5.05. The van der Waals surface area contributed by atoms with Gasteiger partial charge >= 0.3 is 0 Å². The maximum Gasteiger partial charge on any atom is 0.129 e. The van der Waals surface area contributed by atoms with Gasteiger partial charge in [0.1, 0.15) is 11.6 Å². The number of unbranched alkanes of at least 4 members (excludes halogenated alkanes) is 1. The summed E-state index contributed by atoms with van der Waals surface area (Å²) in [7, 11) is 0. The van der Waals surface area contributed by atoms with Crippen molar-refractivity contribution >= 4 is 0 Å². The quantitative estimate of drug-likeness (QED) is 0.741. The largest absolute Gasteiger partial charge is 0.330 e. The van der Waals surface area contributed by atoms with E-state index in [0.29, 0.717) is 18.5 Å². The van der Waals surface area contributed by atoms with E-state index in [9.17, 15) is 8.78 Å². The number of nitrogens with two attached hydrogens (primary N) is 1. The van der Waals surface area contributed by atoms with Gasteiger partial charge in [-0.25, -0.2) is 8.78 Å². The van der Waals surface area contributed by atoms with Crippen molar-refractivity contribution in [2.45, 2.75) is 26.2 Å². The van der Waals surface area contributed by atoms with Crippen molar-refractivity contribution in [1.29, 1.82) is 0 Å². The number of rotatable bonds is 4. The third-order valence-corrected chi connectivity index (χ3v) is 2.26. The fourth-order valence-corrected chi connectivity index (χ4v) is 1.32. The highest BCUT2D eigenvalue weighted by Gasteiger charge is 2.06. The molecule has 0 heterocycles. The Morgan fingerprint density at radius 2 is 1.71 bits per heavy atom. The monoisotopic (exact) mass is 199 g/mol. The van der Waals surface area contributed by atoms with Gasteiger partial charge in [0, 0.05) is 5.56 Å². The van der Waals surface area contributed by atoms with Gasteiger partial charge in [-0.3, -0.25) is 0 Å². The molecule has 0 spiro atoms. The average molecular weight is 199 g/mol. The summed E-state index contributed by atoms with van der Waals surface area (Å²) in [6, 6.07) is 2.80. The number of aryl methyl sites for hydroxylation is 1. The van der Waals surface area contributed by atoms with Crippen molar-refractivity contribution in [2.24, 2.45) is 5.73 Å². The fraction of sp³-hybridized carbons (Fsp3) is 0.455. The third kappa shape index (κ3) is 2.77. The maximum absolute atomic E-state index is 13.1. The fourth-order valence-electron chi connectivity index (χ4n) is 1.32. The van der Waals surface area contributed by atoms with E-state index in [0.717, 1.165) is 12.8 Å². The van der Waals surface area contributed by atoms with Crippen LogP contribution in [0.2, 0.25) is 0 Å². The van der Waals surface area contributed by atoms with Crippen molar-refractivity contribution in [1.82, 2.24) is 0 Å². The van der Waals surface area contributed by atoms with Crippen molar-refractivity contribution in [3.05, 3.63) is 34.9 Å². The molecule has 1 aromatic carbocycles. The molecule has 3 heteroatoms. The first-order chi connectivity index (χ1) is 6.65. The van der Waals surface area contributed by atoms with Crippen LogP contribution in [0.1, 0.15) is 24.0 Å². The minimum atomic E-state index is -0.465. The van der Waals surface area contributed by atoms with Gasteiger partial charge in [0.2, 0.25) is 0 Å². The van der Waals surface area contributed by atoms with Gasteiger partial charge in [-0.2, -0.15) is 0 Å². The van der Waals surface area contributed by atoms with Crippen molar-refractivity contribution in [3.63, 3.8) is 0 Å². The van der Waals surface area contributed by atoms with E-state index < -0.39 is 11.6 Å². The lowest BCUT2D eigenvalue weighted by Gasteiger charge is -2.04. The third-order valence-electron chi connectivity index (χ3n) is 2.26. The minimum absolute atomic E-state index is 0.0903. The average Bonchev–Trinajstić information content (AvgIpc) is 2.14. The highest BCUT2D eigenvalue weighted by atomic mass is 19.1. The van der Waals surface area contributed by atoms with Crippen LogP contribution in [0.3, 0.4) is 0 Å². The molecule has 0 saturated carbocycles. The summed E-state index contributed by atoms with van der Waals surface area (Å²) in [5.41, 5.74) is 6.13. The molecule has 0 fully saturated rings. The number of benzene rings is 1. The Morgan fingerprint density at radius 1 is 1.14 bits per heavy atom. The Labute approximate surface area is 82.9 Å². The molecule has 0 aliphatic heterocycles. The van der Waals surface area contributed by atoms with Crippen LogP contribution in [0.15, 0.2) is 12.1 Å². The van der Waals surface area contributed by atoms with Crippen LogP contribution in [0.4, 0.5) is 8.78 Å². The van der Waals surface area contributed by atoms with E-state index in [4.69, 9.17) is 5.73 Å². The van der Waals surface area contributed by atoms with E-state index in [1.54, 1.807) is 0 Å². The molecule has 0 aromatic heterocycles. The van der Waals surface area contributed by atoms with Gasteiger partial charge < -0.3 is 5.73 Å². The first kappa shape index (κ1) is 11.1. The predicted molar refractivity (Wildman–Crippen MR) is 53.1 cm³/mol. The Balaban J connectivity index is 2.69. The standard InChI is InChI=1S/C11H15F2N/c1-8-10(12)6-9(7-11(8)13)4-2-3-5-14/h6-7H,2-5,14H2,1H3. The summed E-state index contributed by atoms with van der Waals surface area (Å²) in [6.45, 7) is 2.06. The molecule has 14 heavy (non-hydrogen) atoms. The predicted octanol–water partition coefficient (Wildman–Crippen LogP) is 2.55. The van der Waals surface area contributed by atoms with Crippen molar-refractivity contribution in [2.75, 3.05) is 6.54 Å². The Morgan fingerprint density at radius 3 is 2.21 bits per heavy atom. The molecule has 0 amide bonds. The summed E-state index contributed by atoms with van der Waals surface area (Å²) in [5, 5.41) is 0. The van der Waals surface area contributed by atoms with E-state index >= 15 is 0 Å². The van der Waals surface area contributed by atoms with E-state index in [1.807, 2.05) is 0 Å². The topological polar surface area (TPSA) is 26.0 Å². The summed E-state index contributed by atoms with van der Waals surface area (Å²) >= 11 is 0. The zero-order valence-electron chi connectivity index (χ0n) is 8.32. The summed E-state index contributed by atoms with van der Waals surface area (Å²) in [5.74, 6) is -0.930. The van der Waals surface area contributed by atoms with Crippen LogP contribution in [0.5, 0.6) is 0 Å². The lowest BCUT2D eigenvalue weighted by molar-refractivity contribution is 0.563. The second-order valence-electron chi connectivity index (χ2n) is 3.43. The summed E-state index contributed by atoms with van der Waals surface area (Å²) < 4.78 is 26.2. The SMILES string of the molecule is Cc1c(F)cc(CCCCN)cc1F. The maximum atomic E-state index is 13.1. The molecule has 1 rings (SSSR count). The minimum Gasteiger partial charge on any atom is -0.330 e. The molecule has 0 bridgehead atoms. The number of hydrogen-bond donors (Lipinski definition) is 1. The van der Waals surface area contributed by atoms with Crippen LogP contribution in [-0.2, 0) is 6.42 Å². The Kier molecular flexibility index (Phi) is 4.01. The molecular weight excluding hydrogens is 184 g/mol. The van der Waals surface area contributed by atoms with Crippen LogP contribution in [0, 0.1) is 18.6 Å². The molecule has 0 unspecified atom stereocenters. The van der Waals surface area contributed by atoms with Gasteiger partial charge in [-0.05, 0) is 50.4 Å². The first-order valence-corrected chi connectivity index (χ1v) is 4.79. The van der Waals surface area contributed by atoms with Crippen molar-refractivity contribution in [3.8, 4) is 0 Å². The molecule has 0 aliphatic rings. The highest BCUT2D eigenvalue weighted by molar-refractivity contribution is 5.25. The Bertz CT molecular complexity index is 287. The molecule has 1 nitrogen and oxygen atoms in total. The first-order valence-electron chi connectivity index (χ1n) is 4.79. The molecule has 2 N–H and O–H groups in total. The molecule has 0 saturated heterocycles. The Hall–Kier alpha value is -0.960. The second-order valence-corrected chi connectivity index (χ2v) is 3.43. The normalized spacial score (nSPS) is 10.6. The zero-order chi connectivity index (χ0) is 10.6. The summed E-state index contributed by atoms with van der Waals surface area (Å²) in [4.78, 5) is 0. The van der Waals surface area contributed by atoms with Crippen LogP contribution in [-0.4, -0.2) is 6.54 Å². The molecule has 78 valence electrons. The lowest BCUT2D eigenvalue weighted by Crippen LogP contribution is -2.00. The molecule has 1 aromatic rings. The number of halogens is 2. The van der Waals surface area contributed by atoms with Gasteiger partial charge in [-0.1, -0.05) is 0 Å². The molecule has 0 aliphatic carbocycles. The molecule has 0 atom stereocenters. The van der Waals surface area contributed by atoms with Crippen LogP contribution < -0.4 is 5.73 Å². The van der Waals surface area contributed by atoms with Gasteiger partial charge in [0.25, 0.3) is 0 Å². The van der Waals surface area contributed by atoms with Gasteiger partial charge in [0.15, 0.2) is 0 Å². The number of hydrogen-bond acceptors (Lipinski definition) is 1. The summed E-state index contributed by atoms with van der Waals surface area (Å²) in [6.07, 6.45) is 2.45. The molecular formula is C11H15F2N. The highest BCUT2D eigenvalue weighted by Crippen LogP contribution is 2.15. The van der Waals surface area contributed by atoms with Crippen molar-refractivity contribution < 1.29 is 8.78 Å². The van der Waals surface area contributed by atoms with E-state index in [1.165, 1.54) is 19.1 Å². The molecule has 0 radical (unpaired) electrons. The smallest absolute Gasteiger partial charge is 0.129 e. The van der Waals surface area contributed by atoms with Gasteiger partial charge in [-0.15, -0.1) is 0 Å².